The van der Waals surface area contributed by atoms with Crippen molar-refractivity contribution in [3.05, 3.63) is 96.1 Å². The summed E-state index contributed by atoms with van der Waals surface area (Å²) in [5, 5.41) is 0.154. The first-order chi connectivity index (χ1) is 11.7. The van der Waals surface area contributed by atoms with E-state index in [9.17, 15) is 8.78 Å². The summed E-state index contributed by atoms with van der Waals surface area (Å²) in [5.41, 5.74) is 1.18. The lowest BCUT2D eigenvalue weighted by molar-refractivity contribution is 0.623. The Hall–Kier alpha value is -1.78. The molecule has 0 aromatic heterocycles. The Morgan fingerprint density at radius 3 is 2.00 bits per heavy atom. The van der Waals surface area contributed by atoms with E-state index in [1.165, 1.54) is 17.7 Å². The molecule has 1 unspecified atom stereocenters. The zero-order valence-electron chi connectivity index (χ0n) is 12.9. The fourth-order valence-corrected chi connectivity index (χ4v) is 4.64. The minimum atomic E-state index is -0.232. The number of halogens is 2. The van der Waals surface area contributed by atoms with E-state index >= 15 is 0 Å². The summed E-state index contributed by atoms with van der Waals surface area (Å²) in [4.78, 5) is 1.79. The Kier molecular flexibility index (Phi) is 5.94. The minimum absolute atomic E-state index is 0.154. The highest BCUT2D eigenvalue weighted by molar-refractivity contribution is 8.03. The first kappa shape index (κ1) is 17.1. The van der Waals surface area contributed by atoms with Crippen LogP contribution in [0.2, 0.25) is 0 Å². The number of benzene rings is 3. The van der Waals surface area contributed by atoms with E-state index in [-0.39, 0.29) is 16.9 Å². The van der Waals surface area contributed by atoms with Gasteiger partial charge in [-0.2, -0.15) is 0 Å². The molecule has 0 radical (unpaired) electrons. The van der Waals surface area contributed by atoms with Crippen molar-refractivity contribution in [1.29, 1.82) is 0 Å². The third-order valence-electron chi connectivity index (χ3n) is 3.44. The molecule has 0 spiro atoms. The monoisotopic (exact) mass is 358 g/mol. The van der Waals surface area contributed by atoms with Gasteiger partial charge in [0.15, 0.2) is 0 Å². The molecule has 0 aliphatic heterocycles. The maximum atomic E-state index is 13.5. The standard InChI is InChI=1S/C20H16F2S2/c21-16-8-4-10-18(12-16)23-14-20(15-6-2-1-3-7-15)24-19-11-5-9-17(22)13-19/h1-13,20H,14H2. The molecule has 0 saturated heterocycles. The largest absolute Gasteiger partial charge is 0.207 e. The van der Waals surface area contributed by atoms with Crippen molar-refractivity contribution >= 4 is 23.5 Å². The van der Waals surface area contributed by atoms with Crippen molar-refractivity contribution in [2.45, 2.75) is 15.0 Å². The van der Waals surface area contributed by atoms with Crippen LogP contribution in [0.5, 0.6) is 0 Å². The predicted octanol–water partition coefficient (Wildman–Crippen LogP) is 6.59. The molecular formula is C20H16F2S2. The van der Waals surface area contributed by atoms with Crippen LogP contribution in [-0.4, -0.2) is 5.75 Å². The van der Waals surface area contributed by atoms with Crippen molar-refractivity contribution in [2.24, 2.45) is 0 Å². The molecule has 0 aliphatic carbocycles. The maximum Gasteiger partial charge on any atom is 0.124 e. The van der Waals surface area contributed by atoms with E-state index < -0.39 is 0 Å². The van der Waals surface area contributed by atoms with Crippen LogP contribution < -0.4 is 0 Å². The van der Waals surface area contributed by atoms with Crippen LogP contribution >= 0.6 is 23.5 Å². The van der Waals surface area contributed by atoms with E-state index in [0.29, 0.717) is 0 Å². The number of hydrogen-bond acceptors (Lipinski definition) is 2. The van der Waals surface area contributed by atoms with E-state index in [4.69, 9.17) is 0 Å². The van der Waals surface area contributed by atoms with Crippen molar-refractivity contribution in [2.75, 3.05) is 5.75 Å². The summed E-state index contributed by atoms with van der Waals surface area (Å²) < 4.78 is 26.8. The van der Waals surface area contributed by atoms with Gasteiger partial charge in [-0.15, -0.1) is 23.5 Å². The molecule has 0 N–H and O–H groups in total. The van der Waals surface area contributed by atoms with Gasteiger partial charge in [-0.3, -0.25) is 0 Å². The summed E-state index contributed by atoms with van der Waals surface area (Å²) in [5.74, 6) is 0.313. The second-order valence-corrected chi connectivity index (χ2v) is 7.61. The van der Waals surface area contributed by atoms with E-state index in [2.05, 4.69) is 12.1 Å². The molecule has 122 valence electrons. The molecule has 0 bridgehead atoms. The summed E-state index contributed by atoms with van der Waals surface area (Å²) in [6, 6.07) is 23.4. The van der Waals surface area contributed by atoms with Gasteiger partial charge in [0.2, 0.25) is 0 Å². The van der Waals surface area contributed by atoms with Crippen LogP contribution in [0, 0.1) is 11.6 Å². The molecule has 0 nitrogen and oxygen atoms in total. The van der Waals surface area contributed by atoms with Gasteiger partial charge < -0.3 is 0 Å². The van der Waals surface area contributed by atoms with Gasteiger partial charge in [0, 0.05) is 20.8 Å². The van der Waals surface area contributed by atoms with Crippen LogP contribution in [0.25, 0.3) is 0 Å². The zero-order valence-corrected chi connectivity index (χ0v) is 14.5. The Labute approximate surface area is 149 Å². The first-order valence-corrected chi connectivity index (χ1v) is 9.43. The quantitative estimate of drug-likeness (QED) is 0.456. The molecule has 24 heavy (non-hydrogen) atoms. The highest BCUT2D eigenvalue weighted by atomic mass is 32.2. The molecule has 0 saturated carbocycles. The second kappa shape index (κ2) is 8.36. The van der Waals surface area contributed by atoms with Gasteiger partial charge in [-0.1, -0.05) is 42.5 Å². The molecule has 0 fully saturated rings. The topological polar surface area (TPSA) is 0 Å². The maximum absolute atomic E-state index is 13.5. The number of hydrogen-bond donors (Lipinski definition) is 0. The lowest BCUT2D eigenvalue weighted by Gasteiger charge is -2.17. The minimum Gasteiger partial charge on any atom is -0.207 e. The summed E-state index contributed by atoms with van der Waals surface area (Å²) in [6.07, 6.45) is 0. The van der Waals surface area contributed by atoms with E-state index in [1.807, 2.05) is 30.3 Å². The number of rotatable bonds is 6. The molecule has 0 amide bonds. The fraction of sp³-hybridized carbons (Fsp3) is 0.100. The molecule has 0 aliphatic rings. The number of thioether (sulfide) groups is 2. The van der Waals surface area contributed by atoms with Gasteiger partial charge in [-0.25, -0.2) is 8.78 Å². The molecule has 3 aromatic rings. The SMILES string of the molecule is Fc1cccc(SCC(Sc2cccc(F)c2)c2ccccc2)c1. The normalized spacial score (nSPS) is 12.1. The summed E-state index contributed by atoms with van der Waals surface area (Å²) in [6.45, 7) is 0. The van der Waals surface area contributed by atoms with E-state index in [1.54, 1.807) is 47.8 Å². The Morgan fingerprint density at radius 1 is 0.708 bits per heavy atom. The van der Waals surface area contributed by atoms with Crippen LogP contribution in [0.1, 0.15) is 10.8 Å². The third-order valence-corrected chi connectivity index (χ3v) is 5.99. The molecule has 4 heteroatoms. The van der Waals surface area contributed by atoms with Crippen LogP contribution in [0.3, 0.4) is 0 Å². The van der Waals surface area contributed by atoms with Gasteiger partial charge in [0.05, 0.1) is 0 Å². The molecule has 3 rings (SSSR count). The smallest absolute Gasteiger partial charge is 0.124 e. The van der Waals surface area contributed by atoms with Crippen molar-refractivity contribution in [3.8, 4) is 0 Å². The van der Waals surface area contributed by atoms with Crippen LogP contribution in [0.15, 0.2) is 88.7 Å². The Balaban J connectivity index is 1.77. The lowest BCUT2D eigenvalue weighted by Crippen LogP contribution is -1.98. The average Bonchev–Trinajstić information content (AvgIpc) is 2.59. The van der Waals surface area contributed by atoms with Crippen LogP contribution in [-0.2, 0) is 0 Å². The molecule has 3 aromatic carbocycles. The molecule has 1 atom stereocenters. The van der Waals surface area contributed by atoms with Crippen molar-refractivity contribution in [3.63, 3.8) is 0 Å². The van der Waals surface area contributed by atoms with Crippen LogP contribution in [0.4, 0.5) is 8.78 Å². The highest BCUT2D eigenvalue weighted by Gasteiger charge is 2.14. The Bertz CT molecular complexity index is 790. The summed E-state index contributed by atoms with van der Waals surface area (Å²) >= 11 is 3.23. The highest BCUT2D eigenvalue weighted by Crippen LogP contribution is 2.39. The van der Waals surface area contributed by atoms with Gasteiger partial charge in [0.25, 0.3) is 0 Å². The van der Waals surface area contributed by atoms with Gasteiger partial charge in [0.1, 0.15) is 11.6 Å². The van der Waals surface area contributed by atoms with Crippen molar-refractivity contribution in [1.82, 2.24) is 0 Å². The zero-order chi connectivity index (χ0) is 16.8. The average molecular weight is 358 g/mol. The molecular weight excluding hydrogens is 342 g/mol. The van der Waals surface area contributed by atoms with E-state index in [0.717, 1.165) is 15.5 Å². The van der Waals surface area contributed by atoms with Gasteiger partial charge in [-0.05, 0) is 42.0 Å². The summed E-state index contributed by atoms with van der Waals surface area (Å²) in [7, 11) is 0. The van der Waals surface area contributed by atoms with Crippen molar-refractivity contribution < 1.29 is 8.78 Å². The fourth-order valence-electron chi connectivity index (χ4n) is 2.30. The Morgan fingerprint density at radius 2 is 1.33 bits per heavy atom. The lowest BCUT2D eigenvalue weighted by atomic mass is 10.2. The first-order valence-electron chi connectivity index (χ1n) is 7.56. The van der Waals surface area contributed by atoms with Gasteiger partial charge >= 0.3 is 0 Å². The third kappa shape index (κ3) is 4.86. The predicted molar refractivity (Wildman–Crippen MR) is 98.6 cm³/mol. The second-order valence-electron chi connectivity index (χ2n) is 5.24. The molecule has 0 heterocycles.